The molecule has 1 aliphatic heterocycles. The molecule has 2 amide bonds. The summed E-state index contributed by atoms with van der Waals surface area (Å²) in [6, 6.07) is 7.04. The number of benzene rings is 1. The summed E-state index contributed by atoms with van der Waals surface area (Å²) >= 11 is 5.79. The predicted molar refractivity (Wildman–Crippen MR) is 72.1 cm³/mol. The van der Waals surface area contributed by atoms with E-state index in [9.17, 15) is 4.79 Å². The lowest BCUT2D eigenvalue weighted by atomic mass is 10.1. The lowest BCUT2D eigenvalue weighted by Gasteiger charge is -2.31. The number of amides is 2. The van der Waals surface area contributed by atoms with Crippen LogP contribution in [0.15, 0.2) is 24.3 Å². The van der Waals surface area contributed by atoms with Gasteiger partial charge in [0.25, 0.3) is 0 Å². The molecule has 0 aliphatic carbocycles. The number of halogens is 1. The molecule has 4 nitrogen and oxygen atoms in total. The number of ether oxygens (including phenoxy) is 1. The van der Waals surface area contributed by atoms with Crippen molar-refractivity contribution in [3.05, 3.63) is 29.3 Å². The molecule has 0 atom stereocenters. The van der Waals surface area contributed by atoms with Crippen molar-refractivity contribution in [1.82, 2.24) is 4.90 Å². The van der Waals surface area contributed by atoms with Gasteiger partial charge in [0.2, 0.25) is 0 Å². The Kier molecular flexibility index (Phi) is 4.44. The van der Waals surface area contributed by atoms with Crippen LogP contribution < -0.4 is 5.32 Å². The molecule has 1 aromatic carbocycles. The third-order valence-electron chi connectivity index (χ3n) is 3.16. The van der Waals surface area contributed by atoms with Crippen molar-refractivity contribution in [1.29, 1.82) is 0 Å². The van der Waals surface area contributed by atoms with Gasteiger partial charge >= 0.3 is 6.03 Å². The second-order valence-corrected chi connectivity index (χ2v) is 4.80. The zero-order chi connectivity index (χ0) is 13.0. The van der Waals surface area contributed by atoms with Crippen molar-refractivity contribution in [3.8, 4) is 0 Å². The number of methoxy groups -OCH3 is 1. The number of nitrogens with zero attached hydrogens (tertiary/aromatic N) is 1. The van der Waals surface area contributed by atoms with Crippen LogP contribution in [0.25, 0.3) is 0 Å². The van der Waals surface area contributed by atoms with Crippen molar-refractivity contribution in [2.45, 2.75) is 18.9 Å². The lowest BCUT2D eigenvalue weighted by molar-refractivity contribution is 0.0521. The zero-order valence-corrected chi connectivity index (χ0v) is 11.1. The quantitative estimate of drug-likeness (QED) is 0.896. The van der Waals surface area contributed by atoms with E-state index in [0.29, 0.717) is 5.02 Å². The van der Waals surface area contributed by atoms with Crippen molar-refractivity contribution in [2.75, 3.05) is 25.5 Å². The molecular weight excluding hydrogens is 252 g/mol. The molecule has 0 unspecified atom stereocenters. The fourth-order valence-corrected chi connectivity index (χ4v) is 2.16. The van der Waals surface area contributed by atoms with Gasteiger partial charge in [-0.25, -0.2) is 4.79 Å². The second-order valence-electron chi connectivity index (χ2n) is 4.36. The molecule has 5 heteroatoms. The first kappa shape index (κ1) is 13.2. The fraction of sp³-hybridized carbons (Fsp3) is 0.462. The van der Waals surface area contributed by atoms with E-state index in [4.69, 9.17) is 16.3 Å². The van der Waals surface area contributed by atoms with Crippen LogP contribution in [-0.4, -0.2) is 37.2 Å². The van der Waals surface area contributed by atoms with Gasteiger partial charge < -0.3 is 15.0 Å². The van der Waals surface area contributed by atoms with Crippen LogP contribution in [0, 0.1) is 0 Å². The van der Waals surface area contributed by atoms with E-state index in [1.165, 1.54) is 0 Å². The van der Waals surface area contributed by atoms with Crippen molar-refractivity contribution in [2.24, 2.45) is 0 Å². The number of nitrogens with one attached hydrogen (secondary N) is 1. The first-order chi connectivity index (χ1) is 8.69. The number of carbonyl (C=O) groups excluding carboxylic acids is 1. The van der Waals surface area contributed by atoms with E-state index < -0.39 is 0 Å². The van der Waals surface area contributed by atoms with E-state index in [1.807, 2.05) is 4.90 Å². The third-order valence-corrected chi connectivity index (χ3v) is 3.41. The van der Waals surface area contributed by atoms with Gasteiger partial charge in [-0.2, -0.15) is 0 Å². The Balaban J connectivity index is 1.87. The number of piperidine rings is 1. The maximum absolute atomic E-state index is 12.0. The predicted octanol–water partition coefficient (Wildman–Crippen LogP) is 2.98. The number of likely N-dealkylation sites (tertiary alicyclic amines) is 1. The smallest absolute Gasteiger partial charge is 0.321 e. The molecular formula is C13H17ClN2O2. The molecule has 0 bridgehead atoms. The van der Waals surface area contributed by atoms with Crippen LogP contribution in [0.3, 0.4) is 0 Å². The summed E-state index contributed by atoms with van der Waals surface area (Å²) in [6.45, 7) is 1.47. The number of hydrogen-bond acceptors (Lipinski definition) is 2. The fourth-order valence-electron chi connectivity index (χ4n) is 2.03. The second kappa shape index (κ2) is 6.07. The van der Waals surface area contributed by atoms with Gasteiger partial charge in [0.1, 0.15) is 0 Å². The van der Waals surface area contributed by atoms with Crippen LogP contribution in [0.4, 0.5) is 10.5 Å². The average Bonchev–Trinajstić information content (AvgIpc) is 2.41. The maximum Gasteiger partial charge on any atom is 0.321 e. The van der Waals surface area contributed by atoms with Gasteiger partial charge in [-0.1, -0.05) is 11.6 Å². The minimum Gasteiger partial charge on any atom is -0.381 e. The molecule has 98 valence electrons. The average molecular weight is 269 g/mol. The molecule has 1 heterocycles. The van der Waals surface area contributed by atoms with Crippen LogP contribution in [-0.2, 0) is 4.74 Å². The highest BCUT2D eigenvalue weighted by Crippen LogP contribution is 2.16. The summed E-state index contributed by atoms with van der Waals surface area (Å²) in [5.74, 6) is 0. The molecule has 18 heavy (non-hydrogen) atoms. The summed E-state index contributed by atoms with van der Waals surface area (Å²) in [7, 11) is 1.72. The molecule has 0 saturated carbocycles. The van der Waals surface area contributed by atoms with Crippen molar-refractivity contribution >= 4 is 23.3 Å². The number of carbonyl (C=O) groups is 1. The first-order valence-electron chi connectivity index (χ1n) is 6.03. The lowest BCUT2D eigenvalue weighted by Crippen LogP contribution is -2.42. The van der Waals surface area contributed by atoms with E-state index in [2.05, 4.69) is 5.32 Å². The van der Waals surface area contributed by atoms with Gasteiger partial charge in [-0.15, -0.1) is 0 Å². The Bertz CT molecular complexity index is 400. The molecule has 1 N–H and O–H groups in total. The summed E-state index contributed by atoms with van der Waals surface area (Å²) in [4.78, 5) is 13.8. The van der Waals surface area contributed by atoms with E-state index >= 15 is 0 Å². The minimum absolute atomic E-state index is 0.0631. The SMILES string of the molecule is COC1CCN(C(=O)Nc2ccc(Cl)cc2)CC1. The van der Waals surface area contributed by atoms with Crippen LogP contribution in [0.1, 0.15) is 12.8 Å². The van der Waals surface area contributed by atoms with Gasteiger partial charge in [0.15, 0.2) is 0 Å². The van der Waals surface area contributed by atoms with Crippen molar-refractivity contribution in [3.63, 3.8) is 0 Å². The van der Waals surface area contributed by atoms with E-state index in [0.717, 1.165) is 31.6 Å². The van der Waals surface area contributed by atoms with Crippen LogP contribution in [0.2, 0.25) is 5.02 Å². The van der Waals surface area contributed by atoms with Gasteiger partial charge in [-0.05, 0) is 37.1 Å². The third kappa shape index (κ3) is 3.37. The molecule has 0 aromatic heterocycles. The van der Waals surface area contributed by atoms with Gasteiger partial charge in [-0.3, -0.25) is 0 Å². The number of rotatable bonds is 2. The normalized spacial score (nSPS) is 16.7. The molecule has 0 radical (unpaired) electrons. The summed E-state index contributed by atoms with van der Waals surface area (Å²) in [6.07, 6.45) is 2.07. The number of anilines is 1. The Morgan fingerprint density at radius 3 is 2.50 bits per heavy atom. The topological polar surface area (TPSA) is 41.6 Å². The molecule has 1 saturated heterocycles. The Hall–Kier alpha value is -1.26. The zero-order valence-electron chi connectivity index (χ0n) is 10.4. The summed E-state index contributed by atoms with van der Waals surface area (Å²) in [5.41, 5.74) is 0.762. The highest BCUT2D eigenvalue weighted by Gasteiger charge is 2.22. The van der Waals surface area contributed by atoms with Crippen LogP contribution >= 0.6 is 11.6 Å². The van der Waals surface area contributed by atoms with Gasteiger partial charge in [0, 0.05) is 30.9 Å². The summed E-state index contributed by atoms with van der Waals surface area (Å²) < 4.78 is 5.28. The Morgan fingerprint density at radius 2 is 1.94 bits per heavy atom. The van der Waals surface area contributed by atoms with E-state index in [1.54, 1.807) is 31.4 Å². The largest absolute Gasteiger partial charge is 0.381 e. The highest BCUT2D eigenvalue weighted by atomic mass is 35.5. The minimum atomic E-state index is -0.0631. The molecule has 1 fully saturated rings. The molecule has 0 spiro atoms. The van der Waals surface area contributed by atoms with Gasteiger partial charge in [0.05, 0.1) is 6.10 Å². The Morgan fingerprint density at radius 1 is 1.33 bits per heavy atom. The first-order valence-corrected chi connectivity index (χ1v) is 6.41. The summed E-state index contributed by atoms with van der Waals surface area (Å²) in [5, 5.41) is 3.52. The maximum atomic E-state index is 12.0. The number of hydrogen-bond donors (Lipinski definition) is 1. The van der Waals surface area contributed by atoms with Crippen molar-refractivity contribution < 1.29 is 9.53 Å². The monoisotopic (exact) mass is 268 g/mol. The number of urea groups is 1. The van der Waals surface area contributed by atoms with E-state index in [-0.39, 0.29) is 12.1 Å². The molecule has 2 rings (SSSR count). The Labute approximate surface area is 112 Å². The highest BCUT2D eigenvalue weighted by molar-refractivity contribution is 6.30. The molecule has 1 aliphatic rings. The molecule has 1 aromatic rings. The van der Waals surface area contributed by atoms with Crippen LogP contribution in [0.5, 0.6) is 0 Å². The standard InChI is InChI=1S/C13H17ClN2O2/c1-18-12-6-8-16(9-7-12)13(17)15-11-4-2-10(14)3-5-11/h2-5,12H,6-9H2,1H3,(H,15,17).